The van der Waals surface area contributed by atoms with E-state index in [-0.39, 0.29) is 5.69 Å². The average molecular weight is 306 g/mol. The Morgan fingerprint density at radius 3 is 2.20 bits per heavy atom. The van der Waals surface area contributed by atoms with E-state index in [9.17, 15) is 4.79 Å². The lowest BCUT2D eigenvalue weighted by Gasteiger charge is -2.07. The molecule has 20 heavy (non-hydrogen) atoms. The van der Waals surface area contributed by atoms with Gasteiger partial charge in [0.15, 0.2) is 0 Å². The van der Waals surface area contributed by atoms with Crippen molar-refractivity contribution in [2.24, 2.45) is 0 Å². The minimum absolute atomic E-state index is 0.135. The SMILES string of the molecule is CCCn1c(C)cc(C)[n+](CCC)c1=O.O=S(=O)([O-])O. The Balaban J connectivity index is 0.000000621. The van der Waals surface area contributed by atoms with Gasteiger partial charge in [-0.1, -0.05) is 13.8 Å². The van der Waals surface area contributed by atoms with Crippen LogP contribution >= 0.6 is 0 Å². The summed E-state index contributed by atoms with van der Waals surface area (Å²) in [6.45, 7) is 9.82. The van der Waals surface area contributed by atoms with Gasteiger partial charge in [0.05, 0.1) is 13.1 Å². The van der Waals surface area contributed by atoms with Crippen LogP contribution in [0.4, 0.5) is 0 Å². The van der Waals surface area contributed by atoms with E-state index in [1.165, 1.54) is 0 Å². The van der Waals surface area contributed by atoms with Gasteiger partial charge in [0.25, 0.3) is 0 Å². The molecular weight excluding hydrogens is 284 g/mol. The molecule has 0 atom stereocenters. The number of hydrogen-bond acceptors (Lipinski definition) is 4. The third-order valence-electron chi connectivity index (χ3n) is 2.63. The van der Waals surface area contributed by atoms with Gasteiger partial charge in [-0.25, -0.2) is 8.42 Å². The molecule has 0 unspecified atom stereocenters. The molecule has 1 aromatic rings. The van der Waals surface area contributed by atoms with Gasteiger partial charge in [0, 0.05) is 6.07 Å². The predicted octanol–water partition coefficient (Wildman–Crippen LogP) is 0.577. The maximum atomic E-state index is 12.1. The number of aryl methyl sites for hydroxylation is 2. The first-order valence-corrected chi connectivity index (χ1v) is 7.77. The molecule has 1 heterocycles. The number of nitrogens with zero attached hydrogens (tertiary/aromatic N) is 2. The van der Waals surface area contributed by atoms with Crippen LogP contribution in [0.15, 0.2) is 10.9 Å². The summed E-state index contributed by atoms with van der Waals surface area (Å²) >= 11 is 0. The van der Waals surface area contributed by atoms with E-state index in [1.54, 1.807) is 0 Å². The standard InChI is InChI=1S/C12H21N2O.H2O4S/c1-5-7-13-10(3)9-11(4)14(8-6-2)12(13)15;1-5(2,3)4/h9H,5-8H2,1-4H3;(H2,1,2,3,4)/q+1;/p-1. The molecule has 0 bridgehead atoms. The van der Waals surface area contributed by atoms with Crippen molar-refractivity contribution in [2.75, 3.05) is 0 Å². The molecule has 0 saturated carbocycles. The second kappa shape index (κ2) is 8.13. The maximum absolute atomic E-state index is 12.1. The van der Waals surface area contributed by atoms with E-state index in [4.69, 9.17) is 17.5 Å². The summed E-state index contributed by atoms with van der Waals surface area (Å²) in [4.78, 5) is 12.1. The van der Waals surface area contributed by atoms with Crippen molar-refractivity contribution in [1.82, 2.24) is 4.57 Å². The highest BCUT2D eigenvalue weighted by Crippen LogP contribution is 1.97. The van der Waals surface area contributed by atoms with Crippen molar-refractivity contribution in [3.8, 4) is 0 Å². The quantitative estimate of drug-likeness (QED) is 0.498. The Hall–Kier alpha value is -1.25. The first kappa shape index (κ1) is 18.8. The largest absolute Gasteiger partial charge is 0.726 e. The summed E-state index contributed by atoms with van der Waals surface area (Å²) in [6.07, 6.45) is 1.99. The fourth-order valence-electron chi connectivity index (χ4n) is 1.90. The molecule has 0 amide bonds. The van der Waals surface area contributed by atoms with Crippen LogP contribution in [0.2, 0.25) is 0 Å². The van der Waals surface area contributed by atoms with Crippen LogP contribution in [-0.2, 0) is 23.5 Å². The van der Waals surface area contributed by atoms with Crippen molar-refractivity contribution in [1.29, 1.82) is 0 Å². The number of rotatable bonds is 4. The second-order valence-corrected chi connectivity index (χ2v) is 5.30. The zero-order valence-corrected chi connectivity index (χ0v) is 13.1. The van der Waals surface area contributed by atoms with Gasteiger partial charge >= 0.3 is 5.69 Å². The highest BCUT2D eigenvalue weighted by atomic mass is 32.3. The van der Waals surface area contributed by atoms with Crippen LogP contribution in [0.5, 0.6) is 0 Å². The Kier molecular flexibility index (Phi) is 7.62. The molecule has 0 aliphatic carbocycles. The van der Waals surface area contributed by atoms with Crippen LogP contribution in [-0.4, -0.2) is 22.1 Å². The summed E-state index contributed by atoms with van der Waals surface area (Å²) in [5, 5.41) is 0. The molecule has 7 nitrogen and oxygen atoms in total. The van der Waals surface area contributed by atoms with E-state index >= 15 is 0 Å². The fraction of sp³-hybridized carbons (Fsp3) is 0.667. The van der Waals surface area contributed by atoms with Crippen LogP contribution in [0.3, 0.4) is 0 Å². The monoisotopic (exact) mass is 306 g/mol. The molecule has 1 rings (SSSR count). The summed E-state index contributed by atoms with van der Waals surface area (Å²) in [5.74, 6) is 0. The molecular formula is C12H22N2O5S. The van der Waals surface area contributed by atoms with Gasteiger partial charge < -0.3 is 4.55 Å². The predicted molar refractivity (Wildman–Crippen MR) is 73.3 cm³/mol. The zero-order chi connectivity index (χ0) is 15.9. The second-order valence-electron chi connectivity index (χ2n) is 4.44. The lowest BCUT2D eigenvalue weighted by Crippen LogP contribution is -2.56. The van der Waals surface area contributed by atoms with Gasteiger partial charge in [-0.05, 0) is 26.7 Å². The lowest BCUT2D eigenvalue weighted by atomic mass is 10.3. The first-order valence-electron chi connectivity index (χ1n) is 6.41. The molecule has 0 fully saturated rings. The third kappa shape index (κ3) is 6.78. The van der Waals surface area contributed by atoms with Crippen LogP contribution in [0.25, 0.3) is 0 Å². The summed E-state index contributed by atoms with van der Waals surface area (Å²) < 4.78 is 36.6. The smallest absolute Gasteiger partial charge is 0.498 e. The van der Waals surface area contributed by atoms with Crippen molar-refractivity contribution in [3.63, 3.8) is 0 Å². The van der Waals surface area contributed by atoms with E-state index in [0.717, 1.165) is 37.3 Å². The van der Waals surface area contributed by atoms with Crippen molar-refractivity contribution >= 4 is 10.4 Å². The summed E-state index contributed by atoms with van der Waals surface area (Å²) in [5.41, 5.74) is 2.26. The summed E-state index contributed by atoms with van der Waals surface area (Å²) in [7, 11) is -4.92. The molecule has 0 aromatic carbocycles. The Bertz CT molecular complexity index is 551. The average Bonchev–Trinajstić information content (AvgIpc) is 2.28. The highest BCUT2D eigenvalue weighted by molar-refractivity contribution is 7.79. The summed E-state index contributed by atoms with van der Waals surface area (Å²) in [6, 6.07) is 2.09. The molecule has 8 heteroatoms. The molecule has 0 radical (unpaired) electrons. The van der Waals surface area contributed by atoms with Crippen LogP contribution < -0.4 is 10.3 Å². The Morgan fingerprint density at radius 2 is 1.80 bits per heavy atom. The first-order chi connectivity index (χ1) is 9.11. The molecule has 0 spiro atoms. The van der Waals surface area contributed by atoms with Crippen molar-refractivity contribution in [3.05, 3.63) is 27.9 Å². The Labute approximate surface area is 119 Å². The van der Waals surface area contributed by atoms with Gasteiger partial charge in [-0.15, -0.1) is 0 Å². The minimum Gasteiger partial charge on any atom is -0.726 e. The molecule has 0 aliphatic heterocycles. The van der Waals surface area contributed by atoms with Crippen molar-refractivity contribution in [2.45, 2.75) is 53.6 Å². The Morgan fingerprint density at radius 1 is 1.30 bits per heavy atom. The molecule has 0 aliphatic rings. The lowest BCUT2D eigenvalue weighted by molar-refractivity contribution is -0.721. The van der Waals surface area contributed by atoms with Gasteiger partial charge in [0.1, 0.15) is 11.4 Å². The number of hydrogen-bond donors (Lipinski definition) is 1. The van der Waals surface area contributed by atoms with E-state index in [0.29, 0.717) is 0 Å². The molecule has 1 N–H and O–H groups in total. The van der Waals surface area contributed by atoms with Gasteiger partial charge in [-0.2, -0.15) is 13.9 Å². The fourth-order valence-corrected chi connectivity index (χ4v) is 1.90. The molecule has 116 valence electrons. The topological polar surface area (TPSA) is 103 Å². The van der Waals surface area contributed by atoms with Gasteiger partial charge in [0.2, 0.25) is 10.4 Å². The van der Waals surface area contributed by atoms with Crippen LogP contribution in [0.1, 0.15) is 38.1 Å². The molecule has 1 aromatic heterocycles. The van der Waals surface area contributed by atoms with E-state index in [2.05, 4.69) is 19.9 Å². The molecule has 0 saturated heterocycles. The highest BCUT2D eigenvalue weighted by Gasteiger charge is 2.15. The van der Waals surface area contributed by atoms with Crippen LogP contribution in [0, 0.1) is 13.8 Å². The number of aromatic nitrogens is 2. The normalized spacial score (nSPS) is 10.9. The van der Waals surface area contributed by atoms with E-state index in [1.807, 2.05) is 23.0 Å². The zero-order valence-electron chi connectivity index (χ0n) is 12.3. The van der Waals surface area contributed by atoms with E-state index < -0.39 is 10.4 Å². The third-order valence-corrected chi connectivity index (χ3v) is 2.63. The van der Waals surface area contributed by atoms with Gasteiger partial charge in [-0.3, -0.25) is 4.55 Å². The maximum Gasteiger partial charge on any atom is 0.498 e. The van der Waals surface area contributed by atoms with Crippen molar-refractivity contribution < 1.29 is 22.1 Å². The minimum atomic E-state index is -4.92.